The van der Waals surface area contributed by atoms with Crippen LogP contribution >= 0.6 is 12.4 Å². The summed E-state index contributed by atoms with van der Waals surface area (Å²) in [6, 6.07) is 2.26. The van der Waals surface area contributed by atoms with Crippen LogP contribution in [-0.2, 0) is 11.2 Å². The topological polar surface area (TPSA) is 75.9 Å². The molecule has 148 valence electrons. The van der Waals surface area contributed by atoms with Crippen LogP contribution in [0.15, 0.2) is 6.07 Å². The quantitative estimate of drug-likeness (QED) is 0.861. The van der Waals surface area contributed by atoms with Crippen molar-refractivity contribution < 1.29 is 4.79 Å². The molecule has 0 spiro atoms. The van der Waals surface area contributed by atoms with Gasteiger partial charge >= 0.3 is 0 Å². The Hall–Kier alpha value is -1.99. The maximum atomic E-state index is 12.8. The van der Waals surface area contributed by atoms with E-state index in [1.807, 2.05) is 45.7 Å². The van der Waals surface area contributed by atoms with Gasteiger partial charge in [-0.2, -0.15) is 5.10 Å². The third kappa shape index (κ3) is 4.65. The van der Waals surface area contributed by atoms with Gasteiger partial charge in [0.15, 0.2) is 0 Å². The van der Waals surface area contributed by atoms with E-state index in [-0.39, 0.29) is 18.3 Å². The maximum Gasteiger partial charge on any atom is 0.251 e. The molecule has 2 aromatic rings. The van der Waals surface area contributed by atoms with Gasteiger partial charge in [-0.15, -0.1) is 12.4 Å². The Kier molecular flexibility index (Phi) is 6.95. The molecule has 8 heteroatoms. The summed E-state index contributed by atoms with van der Waals surface area (Å²) in [5.74, 6) is 0.706. The van der Waals surface area contributed by atoms with E-state index in [2.05, 4.69) is 20.4 Å². The second-order valence-corrected chi connectivity index (χ2v) is 7.17. The van der Waals surface area contributed by atoms with Crippen molar-refractivity contribution in [3.63, 3.8) is 0 Å². The zero-order chi connectivity index (χ0) is 18.8. The Morgan fingerprint density at radius 2 is 1.78 bits per heavy atom. The summed E-state index contributed by atoms with van der Waals surface area (Å²) < 4.78 is 1.75. The van der Waals surface area contributed by atoms with Crippen LogP contribution < -0.4 is 5.32 Å². The van der Waals surface area contributed by atoms with Gasteiger partial charge in [-0.05, 0) is 59.7 Å². The van der Waals surface area contributed by atoms with E-state index in [1.165, 1.54) is 0 Å². The van der Waals surface area contributed by atoms with Crippen LogP contribution in [-0.4, -0.2) is 56.7 Å². The fourth-order valence-corrected chi connectivity index (χ4v) is 3.60. The van der Waals surface area contributed by atoms with Gasteiger partial charge in [-0.25, -0.2) is 14.6 Å². The molecule has 0 atom stereocenters. The van der Waals surface area contributed by atoms with Gasteiger partial charge < -0.3 is 10.2 Å². The number of aromatic nitrogens is 4. The summed E-state index contributed by atoms with van der Waals surface area (Å²) in [6.07, 6.45) is 2.38. The lowest BCUT2D eigenvalue weighted by Crippen LogP contribution is -2.44. The van der Waals surface area contributed by atoms with Crippen LogP contribution in [0.2, 0.25) is 0 Å². The second-order valence-electron chi connectivity index (χ2n) is 7.17. The molecule has 27 heavy (non-hydrogen) atoms. The Labute approximate surface area is 167 Å². The molecule has 7 nitrogen and oxygen atoms in total. The Balaban J connectivity index is 0.00000261. The Bertz CT molecular complexity index is 793. The first-order chi connectivity index (χ1) is 12.4. The van der Waals surface area contributed by atoms with Crippen molar-refractivity contribution in [1.29, 1.82) is 0 Å². The van der Waals surface area contributed by atoms with Crippen molar-refractivity contribution in [3.05, 3.63) is 34.4 Å². The number of nitrogens with one attached hydrogen (secondary N) is 1. The van der Waals surface area contributed by atoms with Crippen LogP contribution in [0.1, 0.15) is 41.2 Å². The fourth-order valence-electron chi connectivity index (χ4n) is 3.60. The number of nitrogens with zero attached hydrogens (tertiary/aromatic N) is 5. The summed E-state index contributed by atoms with van der Waals surface area (Å²) in [7, 11) is 1.92. The lowest BCUT2D eigenvalue weighted by atomic mass is 10.0. The highest BCUT2D eigenvalue weighted by molar-refractivity contribution is 5.85. The molecule has 2 aromatic heterocycles. The van der Waals surface area contributed by atoms with Crippen LogP contribution in [0.3, 0.4) is 0 Å². The van der Waals surface area contributed by atoms with E-state index in [4.69, 9.17) is 0 Å². The van der Waals surface area contributed by atoms with E-state index in [1.54, 1.807) is 4.68 Å². The van der Waals surface area contributed by atoms with Crippen LogP contribution in [0.4, 0.5) is 0 Å². The highest BCUT2D eigenvalue weighted by Gasteiger charge is 2.24. The lowest BCUT2D eigenvalue weighted by Gasteiger charge is -2.31. The zero-order valence-electron chi connectivity index (χ0n) is 16.7. The first-order valence-corrected chi connectivity index (χ1v) is 9.21. The Morgan fingerprint density at radius 3 is 2.37 bits per heavy atom. The van der Waals surface area contributed by atoms with Crippen molar-refractivity contribution in [1.82, 2.24) is 30.0 Å². The number of halogens is 1. The maximum absolute atomic E-state index is 12.8. The van der Waals surface area contributed by atoms with E-state index in [0.29, 0.717) is 18.4 Å². The highest BCUT2D eigenvalue weighted by Crippen LogP contribution is 2.19. The molecule has 0 radical (unpaired) electrons. The molecular formula is C19H29ClN6O. The van der Waals surface area contributed by atoms with E-state index >= 15 is 0 Å². The molecule has 0 aromatic carbocycles. The third-order valence-electron chi connectivity index (χ3n) is 5.18. The average Bonchev–Trinajstić information content (AvgIpc) is 2.89. The predicted molar refractivity (Wildman–Crippen MR) is 108 cm³/mol. The van der Waals surface area contributed by atoms with Crippen LogP contribution in [0.25, 0.3) is 5.95 Å². The normalized spacial score (nSPS) is 14.7. The fraction of sp³-hybridized carbons (Fsp3) is 0.579. The predicted octanol–water partition coefficient (Wildman–Crippen LogP) is 2.07. The number of carbonyl (C=O) groups excluding carboxylic acids is 1. The number of hydrogen-bond acceptors (Lipinski definition) is 5. The zero-order valence-corrected chi connectivity index (χ0v) is 17.6. The van der Waals surface area contributed by atoms with Crippen molar-refractivity contribution in [3.8, 4) is 5.95 Å². The summed E-state index contributed by atoms with van der Waals surface area (Å²) in [5, 5.41) is 7.94. The molecule has 0 unspecified atom stereocenters. The monoisotopic (exact) mass is 392 g/mol. The molecule has 3 rings (SSSR count). The van der Waals surface area contributed by atoms with Crippen molar-refractivity contribution in [2.45, 2.75) is 53.0 Å². The third-order valence-corrected chi connectivity index (χ3v) is 5.18. The molecule has 1 amide bonds. The average molecular weight is 393 g/mol. The van der Waals surface area contributed by atoms with Gasteiger partial charge in [-0.3, -0.25) is 4.79 Å². The largest absolute Gasteiger partial charge is 0.342 e. The van der Waals surface area contributed by atoms with Gasteiger partial charge in [0, 0.05) is 35.7 Å². The number of rotatable bonds is 4. The minimum atomic E-state index is 0. The number of piperidine rings is 1. The molecule has 0 saturated carbocycles. The Morgan fingerprint density at radius 1 is 1.19 bits per heavy atom. The molecule has 1 fully saturated rings. The summed E-state index contributed by atoms with van der Waals surface area (Å²) >= 11 is 0. The molecule has 1 saturated heterocycles. The highest BCUT2D eigenvalue weighted by atomic mass is 35.5. The number of amides is 1. The standard InChI is InChI=1S/C19H28N6O.ClH/c1-12-10-13(2)22-19(21-12)25-15(4)17(14(3)23-25)11-18(26)24(5)16-6-8-20-9-7-16;/h10,16,20H,6-9,11H2,1-5H3;1H. The molecule has 0 aliphatic carbocycles. The SMILES string of the molecule is Cc1cc(C)nc(-n2nc(C)c(CC(=O)N(C)C3CCNCC3)c2C)n1.Cl. The molecule has 1 N–H and O–H groups in total. The molecule has 3 heterocycles. The second kappa shape index (κ2) is 8.80. The van der Waals surface area contributed by atoms with Gasteiger partial charge in [0.25, 0.3) is 5.95 Å². The summed E-state index contributed by atoms with van der Waals surface area (Å²) in [6.45, 7) is 9.77. The molecule has 1 aliphatic heterocycles. The number of aryl methyl sites for hydroxylation is 3. The van der Waals surface area contributed by atoms with Crippen LogP contribution in [0.5, 0.6) is 0 Å². The van der Waals surface area contributed by atoms with E-state index in [0.717, 1.165) is 54.3 Å². The summed E-state index contributed by atoms with van der Waals surface area (Å²) in [4.78, 5) is 23.7. The van der Waals surface area contributed by atoms with E-state index < -0.39 is 0 Å². The van der Waals surface area contributed by atoms with Gasteiger partial charge in [-0.1, -0.05) is 0 Å². The van der Waals surface area contributed by atoms with E-state index in [9.17, 15) is 4.79 Å². The van der Waals surface area contributed by atoms with Crippen LogP contribution in [0, 0.1) is 27.7 Å². The number of carbonyl (C=O) groups is 1. The molecule has 0 bridgehead atoms. The van der Waals surface area contributed by atoms with Gasteiger partial charge in [0.2, 0.25) is 5.91 Å². The smallest absolute Gasteiger partial charge is 0.251 e. The summed E-state index contributed by atoms with van der Waals surface area (Å²) in [5.41, 5.74) is 4.57. The van der Waals surface area contributed by atoms with Crippen molar-refractivity contribution in [2.75, 3.05) is 20.1 Å². The van der Waals surface area contributed by atoms with Gasteiger partial charge in [0.1, 0.15) is 0 Å². The first-order valence-electron chi connectivity index (χ1n) is 9.21. The van der Waals surface area contributed by atoms with Gasteiger partial charge in [0.05, 0.1) is 12.1 Å². The number of hydrogen-bond donors (Lipinski definition) is 1. The minimum absolute atomic E-state index is 0. The van der Waals surface area contributed by atoms with Crippen molar-refractivity contribution in [2.24, 2.45) is 0 Å². The first kappa shape index (κ1) is 21.3. The molecular weight excluding hydrogens is 364 g/mol. The lowest BCUT2D eigenvalue weighted by molar-refractivity contribution is -0.131. The van der Waals surface area contributed by atoms with Crippen molar-refractivity contribution >= 4 is 18.3 Å². The number of likely N-dealkylation sites (N-methyl/N-ethyl adjacent to an activating group) is 1. The minimum Gasteiger partial charge on any atom is -0.342 e. The molecule has 1 aliphatic rings.